The monoisotopic (exact) mass is 335 g/mol. The third-order valence-corrected chi connectivity index (χ3v) is 2.54. The maximum absolute atomic E-state index is 11.6. The molecule has 128 valence electrons. The molecule has 0 radical (unpaired) electrons. The molecule has 0 unspecified atom stereocenters. The lowest BCUT2D eigenvalue weighted by Crippen LogP contribution is -2.28. The summed E-state index contributed by atoms with van der Waals surface area (Å²) in [5.41, 5.74) is 0.523. The van der Waals surface area contributed by atoms with Crippen molar-refractivity contribution in [2.24, 2.45) is 0 Å². The molecule has 1 amide bonds. The summed E-state index contributed by atoms with van der Waals surface area (Å²) in [5.74, 6) is -2.08. The van der Waals surface area contributed by atoms with Crippen molar-refractivity contribution in [3.63, 3.8) is 0 Å². The molecule has 8 heteroatoms. The fraction of sp³-hybridized carbons (Fsp3) is 0.250. The smallest absolute Gasteiger partial charge is 0.325 e. The Morgan fingerprint density at radius 3 is 2.25 bits per heavy atom. The number of amides is 1. The number of hydrogen-bond acceptors (Lipinski definition) is 7. The van der Waals surface area contributed by atoms with Gasteiger partial charge in [0, 0.05) is 19.9 Å². The third kappa shape index (κ3) is 6.73. The van der Waals surface area contributed by atoms with E-state index in [1.807, 2.05) is 0 Å². The van der Waals surface area contributed by atoms with Crippen LogP contribution in [0, 0.1) is 0 Å². The van der Waals surface area contributed by atoms with Crippen molar-refractivity contribution in [2.45, 2.75) is 13.8 Å². The number of carbonyl (C=O) groups is 4. The minimum atomic E-state index is -0.583. The molecule has 1 aromatic rings. The van der Waals surface area contributed by atoms with Crippen LogP contribution in [0.1, 0.15) is 19.4 Å². The molecule has 0 fully saturated rings. The first-order valence-corrected chi connectivity index (χ1v) is 6.85. The summed E-state index contributed by atoms with van der Waals surface area (Å²) in [6, 6.07) is 4.44. The number of esters is 3. The van der Waals surface area contributed by atoms with Gasteiger partial charge in [0.1, 0.15) is 6.54 Å². The van der Waals surface area contributed by atoms with Gasteiger partial charge in [0.2, 0.25) is 5.91 Å². The predicted molar refractivity (Wildman–Crippen MR) is 83.1 cm³/mol. The minimum Gasteiger partial charge on any atom is -0.468 e. The Morgan fingerprint density at radius 2 is 1.67 bits per heavy atom. The van der Waals surface area contributed by atoms with Crippen molar-refractivity contribution in [2.75, 3.05) is 13.7 Å². The first-order valence-electron chi connectivity index (χ1n) is 6.85. The molecule has 0 saturated heterocycles. The minimum absolute atomic E-state index is 0.0508. The number of methoxy groups -OCH3 is 1. The van der Waals surface area contributed by atoms with Crippen molar-refractivity contribution in [3.8, 4) is 11.5 Å². The summed E-state index contributed by atoms with van der Waals surface area (Å²) in [6.45, 7) is 2.18. The SMILES string of the molecule is COC(=O)CNC(=O)/C=C/c1ccc(OC(C)=O)c(OC(C)=O)c1. The maximum atomic E-state index is 11.6. The largest absolute Gasteiger partial charge is 0.468 e. The molecule has 1 rings (SSSR count). The number of nitrogens with one attached hydrogen (secondary N) is 1. The zero-order valence-corrected chi connectivity index (χ0v) is 13.5. The second-order valence-electron chi connectivity index (χ2n) is 4.52. The van der Waals surface area contributed by atoms with Gasteiger partial charge in [0.05, 0.1) is 7.11 Å². The van der Waals surface area contributed by atoms with Crippen LogP contribution < -0.4 is 14.8 Å². The first-order chi connectivity index (χ1) is 11.3. The molecule has 1 N–H and O–H groups in total. The van der Waals surface area contributed by atoms with Gasteiger partial charge in [-0.05, 0) is 23.8 Å². The Bertz CT molecular complexity index is 679. The third-order valence-electron chi connectivity index (χ3n) is 2.54. The van der Waals surface area contributed by atoms with E-state index in [9.17, 15) is 19.2 Å². The standard InChI is InChI=1S/C16H17NO7/c1-10(18)23-13-6-4-12(8-14(13)24-11(2)19)5-7-15(20)17-9-16(21)22-3/h4-8H,9H2,1-3H3,(H,17,20)/b7-5+. The lowest BCUT2D eigenvalue weighted by Gasteiger charge is -2.09. The number of hydrogen-bond donors (Lipinski definition) is 1. The van der Waals surface area contributed by atoms with E-state index < -0.39 is 23.8 Å². The van der Waals surface area contributed by atoms with E-state index in [1.54, 1.807) is 6.07 Å². The molecule has 24 heavy (non-hydrogen) atoms. The quantitative estimate of drug-likeness (QED) is 0.466. The van der Waals surface area contributed by atoms with Gasteiger partial charge in [-0.1, -0.05) is 6.07 Å². The fourth-order valence-corrected chi connectivity index (χ4v) is 1.56. The van der Waals surface area contributed by atoms with Crippen LogP contribution in [0.3, 0.4) is 0 Å². The van der Waals surface area contributed by atoms with Crippen LogP contribution in [0.5, 0.6) is 11.5 Å². The average molecular weight is 335 g/mol. The normalized spacial score (nSPS) is 10.1. The zero-order valence-electron chi connectivity index (χ0n) is 13.5. The summed E-state index contributed by atoms with van der Waals surface area (Å²) in [4.78, 5) is 44.6. The van der Waals surface area contributed by atoms with Crippen molar-refractivity contribution in [1.82, 2.24) is 5.32 Å². The van der Waals surface area contributed by atoms with Crippen LogP contribution in [0.4, 0.5) is 0 Å². The molecule has 0 heterocycles. The highest BCUT2D eigenvalue weighted by Gasteiger charge is 2.10. The van der Waals surface area contributed by atoms with Gasteiger partial charge in [-0.15, -0.1) is 0 Å². The summed E-state index contributed by atoms with van der Waals surface area (Å²) in [6.07, 6.45) is 2.64. The highest BCUT2D eigenvalue weighted by atomic mass is 16.6. The lowest BCUT2D eigenvalue weighted by atomic mass is 10.2. The number of benzene rings is 1. The molecule has 0 saturated carbocycles. The highest BCUT2D eigenvalue weighted by molar-refractivity contribution is 5.93. The second kappa shape index (κ2) is 9.09. The molecule has 0 aliphatic rings. The van der Waals surface area contributed by atoms with Gasteiger partial charge in [0.25, 0.3) is 0 Å². The van der Waals surface area contributed by atoms with Gasteiger partial charge in [0.15, 0.2) is 11.5 Å². The van der Waals surface area contributed by atoms with Crippen molar-refractivity contribution in [3.05, 3.63) is 29.8 Å². The van der Waals surface area contributed by atoms with E-state index in [0.29, 0.717) is 5.56 Å². The predicted octanol–water partition coefficient (Wildman–Crippen LogP) is 0.840. The Hall–Kier alpha value is -3.16. The Balaban J connectivity index is 2.86. The van der Waals surface area contributed by atoms with Gasteiger partial charge < -0.3 is 19.5 Å². The van der Waals surface area contributed by atoms with Gasteiger partial charge in [-0.3, -0.25) is 19.2 Å². The number of rotatable bonds is 6. The van der Waals surface area contributed by atoms with Gasteiger partial charge in [-0.25, -0.2) is 0 Å². The number of carbonyl (C=O) groups excluding carboxylic acids is 4. The van der Waals surface area contributed by atoms with E-state index in [4.69, 9.17) is 9.47 Å². The van der Waals surface area contributed by atoms with E-state index >= 15 is 0 Å². The summed E-state index contributed by atoms with van der Waals surface area (Å²) in [7, 11) is 1.21. The Kier molecular flexibility index (Phi) is 7.15. The molecule has 0 aliphatic heterocycles. The van der Waals surface area contributed by atoms with Gasteiger partial charge >= 0.3 is 17.9 Å². The van der Waals surface area contributed by atoms with E-state index in [2.05, 4.69) is 10.1 Å². The van der Waals surface area contributed by atoms with Crippen LogP contribution >= 0.6 is 0 Å². The molecule has 0 bridgehead atoms. The average Bonchev–Trinajstić information content (AvgIpc) is 2.51. The molecule has 0 spiro atoms. The molecule has 0 atom stereocenters. The molecule has 0 aliphatic carbocycles. The molecule has 1 aromatic carbocycles. The highest BCUT2D eigenvalue weighted by Crippen LogP contribution is 2.29. The summed E-state index contributed by atoms with van der Waals surface area (Å²) < 4.78 is 14.3. The number of ether oxygens (including phenoxy) is 3. The fourth-order valence-electron chi connectivity index (χ4n) is 1.56. The zero-order chi connectivity index (χ0) is 18.1. The second-order valence-corrected chi connectivity index (χ2v) is 4.52. The molecule has 8 nitrogen and oxygen atoms in total. The van der Waals surface area contributed by atoms with E-state index in [-0.39, 0.29) is 18.0 Å². The van der Waals surface area contributed by atoms with Crippen LogP contribution in [0.25, 0.3) is 6.08 Å². The van der Waals surface area contributed by atoms with Crippen LogP contribution in [-0.4, -0.2) is 37.5 Å². The molecule has 0 aromatic heterocycles. The Morgan fingerprint density at radius 1 is 1.04 bits per heavy atom. The van der Waals surface area contributed by atoms with Crippen molar-refractivity contribution >= 4 is 29.9 Å². The van der Waals surface area contributed by atoms with Crippen LogP contribution in [0.2, 0.25) is 0 Å². The first kappa shape index (κ1) is 18.9. The summed E-state index contributed by atoms with van der Waals surface area (Å²) >= 11 is 0. The van der Waals surface area contributed by atoms with Crippen LogP contribution in [0.15, 0.2) is 24.3 Å². The van der Waals surface area contributed by atoms with Crippen LogP contribution in [-0.2, 0) is 23.9 Å². The lowest BCUT2D eigenvalue weighted by molar-refractivity contribution is -0.140. The summed E-state index contributed by atoms with van der Waals surface area (Å²) in [5, 5.41) is 2.33. The maximum Gasteiger partial charge on any atom is 0.325 e. The van der Waals surface area contributed by atoms with E-state index in [1.165, 1.54) is 45.2 Å². The topological polar surface area (TPSA) is 108 Å². The Labute approximate surface area is 138 Å². The van der Waals surface area contributed by atoms with Crippen molar-refractivity contribution < 1.29 is 33.4 Å². The van der Waals surface area contributed by atoms with E-state index in [0.717, 1.165) is 0 Å². The molecular formula is C16H17NO7. The molecular weight excluding hydrogens is 318 g/mol. The van der Waals surface area contributed by atoms with Gasteiger partial charge in [-0.2, -0.15) is 0 Å². The van der Waals surface area contributed by atoms with Crippen molar-refractivity contribution in [1.29, 1.82) is 0 Å².